The average molecular weight is 338 g/mol. The van der Waals surface area contributed by atoms with Gasteiger partial charge in [-0.1, -0.05) is 18.2 Å². The molecule has 6 heteroatoms. The molecule has 128 valence electrons. The summed E-state index contributed by atoms with van der Waals surface area (Å²) in [7, 11) is 1.63. The van der Waals surface area contributed by atoms with Crippen LogP contribution in [-0.2, 0) is 10.3 Å². The summed E-state index contributed by atoms with van der Waals surface area (Å²) in [5.74, 6) is 1.42. The first-order valence-corrected chi connectivity index (χ1v) is 8.47. The van der Waals surface area contributed by atoms with Crippen molar-refractivity contribution in [1.29, 1.82) is 5.26 Å². The number of aliphatic hydroxyl groups is 1. The van der Waals surface area contributed by atoms with Gasteiger partial charge in [0.05, 0.1) is 24.2 Å². The third kappa shape index (κ3) is 1.80. The summed E-state index contributed by atoms with van der Waals surface area (Å²) in [4.78, 5) is 5.67. The summed E-state index contributed by atoms with van der Waals surface area (Å²) < 4.78 is 11.8. The topological polar surface area (TPSA) is 74.9 Å². The molecule has 5 rings (SSSR count). The first-order chi connectivity index (χ1) is 12.2. The molecular formula is C19H18N2O4. The Balaban J connectivity index is 1.78. The van der Waals surface area contributed by atoms with Crippen LogP contribution in [0.1, 0.15) is 30.0 Å². The number of rotatable bonds is 1. The van der Waals surface area contributed by atoms with Crippen LogP contribution in [0.5, 0.6) is 11.5 Å². The summed E-state index contributed by atoms with van der Waals surface area (Å²) >= 11 is 0. The van der Waals surface area contributed by atoms with Gasteiger partial charge in [0.2, 0.25) is 0 Å². The molecule has 1 aromatic carbocycles. The van der Waals surface area contributed by atoms with Gasteiger partial charge >= 0.3 is 0 Å². The van der Waals surface area contributed by atoms with Crippen molar-refractivity contribution >= 4 is 0 Å². The third-order valence-electron chi connectivity index (χ3n) is 5.81. The number of aliphatic hydroxyl groups excluding tert-OH is 1. The lowest BCUT2D eigenvalue weighted by Crippen LogP contribution is -2.42. The van der Waals surface area contributed by atoms with Gasteiger partial charge in [0.25, 0.3) is 0 Å². The number of benzene rings is 1. The van der Waals surface area contributed by atoms with Crippen molar-refractivity contribution in [1.82, 2.24) is 5.06 Å². The van der Waals surface area contributed by atoms with E-state index in [4.69, 9.17) is 14.3 Å². The van der Waals surface area contributed by atoms with Crippen LogP contribution in [0.3, 0.4) is 0 Å². The molecule has 0 saturated carbocycles. The van der Waals surface area contributed by atoms with Gasteiger partial charge in [0, 0.05) is 18.5 Å². The van der Waals surface area contributed by atoms with Gasteiger partial charge in [-0.05, 0) is 18.1 Å². The van der Waals surface area contributed by atoms with E-state index in [1.54, 1.807) is 7.11 Å². The predicted molar refractivity (Wildman–Crippen MR) is 87.7 cm³/mol. The van der Waals surface area contributed by atoms with Crippen molar-refractivity contribution in [3.8, 4) is 17.6 Å². The smallest absolute Gasteiger partial charge is 0.166 e. The molecule has 0 aromatic heterocycles. The molecule has 0 fully saturated rings. The number of fused-ring (bicyclic) bond motifs is 2. The summed E-state index contributed by atoms with van der Waals surface area (Å²) in [6.07, 6.45) is 6.15. The lowest BCUT2D eigenvalue weighted by molar-refractivity contribution is -0.107. The summed E-state index contributed by atoms with van der Waals surface area (Å²) in [5.41, 5.74) is 2.35. The summed E-state index contributed by atoms with van der Waals surface area (Å²) in [6, 6.07) is 5.92. The molecular weight excluding hydrogens is 320 g/mol. The second-order valence-corrected chi connectivity index (χ2v) is 6.95. The van der Waals surface area contributed by atoms with Gasteiger partial charge in [0.15, 0.2) is 11.5 Å². The Kier molecular flexibility index (Phi) is 2.97. The second-order valence-electron chi connectivity index (χ2n) is 6.95. The third-order valence-corrected chi connectivity index (χ3v) is 5.81. The van der Waals surface area contributed by atoms with E-state index in [1.165, 1.54) is 6.26 Å². The molecule has 3 heterocycles. The predicted octanol–water partition coefficient (Wildman–Crippen LogP) is 2.11. The van der Waals surface area contributed by atoms with Gasteiger partial charge in [0.1, 0.15) is 24.5 Å². The van der Waals surface area contributed by atoms with Crippen molar-refractivity contribution in [2.24, 2.45) is 0 Å². The van der Waals surface area contributed by atoms with Crippen LogP contribution in [0.25, 0.3) is 0 Å². The lowest BCUT2D eigenvalue weighted by Gasteiger charge is -2.35. The number of hydrogen-bond acceptors (Lipinski definition) is 6. The van der Waals surface area contributed by atoms with Crippen molar-refractivity contribution in [3.63, 3.8) is 0 Å². The number of hydroxylamine groups is 2. The largest absolute Gasteiger partial charge is 0.493 e. The maximum atomic E-state index is 10.1. The fourth-order valence-electron chi connectivity index (χ4n) is 4.66. The molecule has 1 spiro atoms. The van der Waals surface area contributed by atoms with Crippen molar-refractivity contribution in [2.45, 2.75) is 36.5 Å². The molecule has 4 aliphatic rings. The van der Waals surface area contributed by atoms with Crippen molar-refractivity contribution < 1.29 is 19.4 Å². The maximum absolute atomic E-state index is 10.1. The van der Waals surface area contributed by atoms with Crippen LogP contribution in [0.2, 0.25) is 0 Å². The van der Waals surface area contributed by atoms with Crippen LogP contribution in [0.15, 0.2) is 36.1 Å². The highest BCUT2D eigenvalue weighted by Gasteiger charge is 2.55. The second kappa shape index (κ2) is 5.01. The van der Waals surface area contributed by atoms with Crippen LogP contribution >= 0.6 is 0 Å². The van der Waals surface area contributed by atoms with E-state index >= 15 is 0 Å². The van der Waals surface area contributed by atoms with Crippen LogP contribution in [0, 0.1) is 11.3 Å². The first-order valence-electron chi connectivity index (χ1n) is 8.47. The van der Waals surface area contributed by atoms with Crippen LogP contribution < -0.4 is 9.47 Å². The molecule has 1 N–H and O–H groups in total. The lowest BCUT2D eigenvalue weighted by atomic mass is 9.68. The molecule has 0 radical (unpaired) electrons. The van der Waals surface area contributed by atoms with Gasteiger partial charge in [-0.25, -0.2) is 0 Å². The molecule has 3 aliphatic heterocycles. The highest BCUT2D eigenvalue weighted by Crippen LogP contribution is 2.58. The molecule has 25 heavy (non-hydrogen) atoms. The maximum Gasteiger partial charge on any atom is 0.166 e. The van der Waals surface area contributed by atoms with Gasteiger partial charge in [-0.15, -0.1) is 5.06 Å². The van der Waals surface area contributed by atoms with E-state index in [1.807, 2.05) is 23.3 Å². The molecule has 4 atom stereocenters. The summed E-state index contributed by atoms with van der Waals surface area (Å²) in [6.45, 7) is 0.670. The van der Waals surface area contributed by atoms with E-state index in [-0.39, 0.29) is 17.6 Å². The highest BCUT2D eigenvalue weighted by atomic mass is 16.7. The Hall–Kier alpha value is -2.49. The molecule has 0 unspecified atom stereocenters. The Morgan fingerprint density at radius 3 is 3.12 bits per heavy atom. The van der Waals surface area contributed by atoms with Gasteiger partial charge in [-0.3, -0.25) is 0 Å². The van der Waals surface area contributed by atoms with E-state index in [9.17, 15) is 10.4 Å². The Labute approximate surface area is 145 Å². The zero-order chi connectivity index (χ0) is 17.2. The van der Waals surface area contributed by atoms with E-state index in [0.717, 1.165) is 23.3 Å². The minimum atomic E-state index is -0.506. The van der Waals surface area contributed by atoms with Crippen molar-refractivity contribution in [2.75, 3.05) is 13.7 Å². The van der Waals surface area contributed by atoms with Crippen molar-refractivity contribution in [3.05, 3.63) is 47.2 Å². The molecule has 0 saturated heterocycles. The molecule has 0 amide bonds. The van der Waals surface area contributed by atoms with Crippen LogP contribution in [0.4, 0.5) is 0 Å². The Morgan fingerprint density at radius 2 is 2.32 bits per heavy atom. The standard InChI is InChI=1S/C19H18N2O4/c1-23-14-3-2-13-16-18(14)25-15-8-12(22)4-5-19(15,16)6-7-21-17(13)11(9-20)10-24-21/h2-5,10,12,15,17,22H,6-8H2,1H3/t12-,15-,17-,19-/m0/s1. The minimum absolute atomic E-state index is 0.146. The Morgan fingerprint density at radius 1 is 1.44 bits per heavy atom. The molecule has 1 aliphatic carbocycles. The quantitative estimate of drug-likeness (QED) is 0.791. The fraction of sp³-hybridized carbons (Fsp3) is 0.421. The fourth-order valence-corrected chi connectivity index (χ4v) is 4.66. The Bertz CT molecular complexity index is 856. The zero-order valence-corrected chi connectivity index (χ0v) is 13.8. The minimum Gasteiger partial charge on any atom is -0.493 e. The molecule has 0 bridgehead atoms. The number of ether oxygens (including phenoxy) is 2. The number of nitriles is 1. The number of nitrogens with zero attached hydrogens (tertiary/aromatic N) is 2. The van der Waals surface area contributed by atoms with Gasteiger partial charge < -0.3 is 19.4 Å². The van der Waals surface area contributed by atoms with E-state index in [2.05, 4.69) is 12.1 Å². The van der Waals surface area contributed by atoms with E-state index in [0.29, 0.717) is 24.3 Å². The van der Waals surface area contributed by atoms with Crippen LogP contribution in [-0.4, -0.2) is 36.0 Å². The van der Waals surface area contributed by atoms with Gasteiger partial charge in [-0.2, -0.15) is 5.26 Å². The number of methoxy groups -OCH3 is 1. The first kappa shape index (κ1) is 14.8. The summed E-state index contributed by atoms with van der Waals surface area (Å²) in [5, 5.41) is 21.5. The van der Waals surface area contributed by atoms with E-state index < -0.39 is 6.10 Å². The molecule has 1 aromatic rings. The monoisotopic (exact) mass is 338 g/mol. The SMILES string of the molecule is COc1ccc2c3c1O[C@H]1C[C@@H](O)C=C[C@@]31CCN1OC=C(C#N)[C@@H]21. The number of hydrogen-bond donors (Lipinski definition) is 1. The normalized spacial score (nSPS) is 34.6. The highest BCUT2D eigenvalue weighted by molar-refractivity contribution is 5.63. The zero-order valence-electron chi connectivity index (χ0n) is 13.8. The molecule has 6 nitrogen and oxygen atoms in total. The average Bonchev–Trinajstić information content (AvgIpc) is 3.14.